The zero-order valence-electron chi connectivity index (χ0n) is 16.3. The summed E-state index contributed by atoms with van der Waals surface area (Å²) in [5, 5.41) is 2.86. The molecule has 3 aromatic rings. The molecule has 3 aromatic heterocycles. The molecule has 0 aliphatic heterocycles. The number of carbonyl (C=O) groups excluding carboxylic acids is 2. The van der Waals surface area contributed by atoms with Crippen LogP contribution in [0, 0.1) is 0 Å². The number of carbonyl (C=O) groups is 2. The van der Waals surface area contributed by atoms with Crippen molar-refractivity contribution in [2.24, 2.45) is 0 Å². The molecule has 0 fully saturated rings. The van der Waals surface area contributed by atoms with Crippen molar-refractivity contribution in [1.29, 1.82) is 0 Å². The van der Waals surface area contributed by atoms with E-state index in [4.69, 9.17) is 0 Å². The van der Waals surface area contributed by atoms with Gasteiger partial charge in [0.25, 0.3) is 11.8 Å². The number of rotatable bonds is 8. The van der Waals surface area contributed by atoms with Crippen LogP contribution in [0.4, 0.5) is 0 Å². The third-order valence-corrected chi connectivity index (χ3v) is 4.40. The highest BCUT2D eigenvalue weighted by Gasteiger charge is 2.24. The van der Waals surface area contributed by atoms with E-state index < -0.39 is 0 Å². The summed E-state index contributed by atoms with van der Waals surface area (Å²) in [5.41, 5.74) is 1.76. The van der Waals surface area contributed by atoms with E-state index in [1.807, 2.05) is 38.1 Å². The lowest BCUT2D eigenvalue weighted by Crippen LogP contribution is -2.33. The smallest absolute Gasteiger partial charge is 0.290 e. The van der Waals surface area contributed by atoms with E-state index >= 15 is 0 Å². The average Bonchev–Trinajstić information content (AvgIpc) is 3.12. The van der Waals surface area contributed by atoms with Crippen LogP contribution in [0.15, 0.2) is 48.9 Å². The van der Waals surface area contributed by atoms with Gasteiger partial charge in [0.1, 0.15) is 0 Å². The second kappa shape index (κ2) is 9.12. The number of hydrogen-bond acceptors (Lipinski definition) is 4. The third-order valence-electron chi connectivity index (χ3n) is 4.40. The van der Waals surface area contributed by atoms with Gasteiger partial charge in [-0.15, -0.1) is 0 Å². The standard InChI is InChI=1S/C21H25N5O2/c1-3-11-25(12-4-2)21(28)19-24-18(17-9-5-6-13-26(17)19)20(27)23-15-16-8-7-10-22-14-16/h5-10,13-14H,3-4,11-12,15H2,1-2H3,(H,23,27). The Morgan fingerprint density at radius 3 is 2.57 bits per heavy atom. The molecule has 0 aliphatic rings. The van der Waals surface area contributed by atoms with Crippen molar-refractivity contribution in [2.45, 2.75) is 33.2 Å². The second-order valence-electron chi connectivity index (χ2n) is 6.58. The molecule has 3 heterocycles. The van der Waals surface area contributed by atoms with Gasteiger partial charge in [-0.3, -0.25) is 19.0 Å². The summed E-state index contributed by atoms with van der Waals surface area (Å²) in [4.78, 5) is 36.1. The van der Waals surface area contributed by atoms with E-state index in [0.717, 1.165) is 18.4 Å². The van der Waals surface area contributed by atoms with Crippen molar-refractivity contribution in [3.63, 3.8) is 0 Å². The summed E-state index contributed by atoms with van der Waals surface area (Å²) >= 11 is 0. The van der Waals surface area contributed by atoms with Gasteiger partial charge in [0.2, 0.25) is 5.82 Å². The Morgan fingerprint density at radius 1 is 1.11 bits per heavy atom. The maximum absolute atomic E-state index is 13.1. The molecule has 0 aliphatic carbocycles. The van der Waals surface area contributed by atoms with E-state index in [9.17, 15) is 9.59 Å². The number of amides is 2. The Bertz CT molecular complexity index is 946. The fourth-order valence-corrected chi connectivity index (χ4v) is 3.12. The van der Waals surface area contributed by atoms with Crippen LogP contribution in [0.2, 0.25) is 0 Å². The van der Waals surface area contributed by atoms with Crippen LogP contribution >= 0.6 is 0 Å². The molecule has 0 radical (unpaired) electrons. The van der Waals surface area contributed by atoms with E-state index in [1.165, 1.54) is 0 Å². The molecule has 0 atom stereocenters. The molecular weight excluding hydrogens is 354 g/mol. The number of pyridine rings is 2. The van der Waals surface area contributed by atoms with Gasteiger partial charge in [-0.2, -0.15) is 0 Å². The van der Waals surface area contributed by atoms with Gasteiger partial charge in [0.05, 0.1) is 5.52 Å². The lowest BCUT2D eigenvalue weighted by Gasteiger charge is -2.20. The number of nitrogens with zero attached hydrogens (tertiary/aromatic N) is 4. The molecule has 0 unspecified atom stereocenters. The van der Waals surface area contributed by atoms with Gasteiger partial charge in [-0.25, -0.2) is 4.98 Å². The monoisotopic (exact) mass is 379 g/mol. The molecule has 3 rings (SSSR count). The van der Waals surface area contributed by atoms with E-state index in [-0.39, 0.29) is 23.3 Å². The van der Waals surface area contributed by atoms with Gasteiger partial charge < -0.3 is 10.2 Å². The zero-order chi connectivity index (χ0) is 19.9. The molecule has 7 heteroatoms. The first-order valence-electron chi connectivity index (χ1n) is 9.59. The zero-order valence-corrected chi connectivity index (χ0v) is 16.3. The van der Waals surface area contributed by atoms with Crippen LogP contribution < -0.4 is 5.32 Å². The van der Waals surface area contributed by atoms with Crippen LogP contribution in [-0.4, -0.2) is 44.2 Å². The van der Waals surface area contributed by atoms with E-state index in [2.05, 4.69) is 15.3 Å². The molecule has 0 bridgehead atoms. The van der Waals surface area contributed by atoms with Crippen LogP contribution in [0.3, 0.4) is 0 Å². The van der Waals surface area contributed by atoms with Crippen molar-refractivity contribution in [2.75, 3.05) is 13.1 Å². The number of fused-ring (bicyclic) bond motifs is 1. The van der Waals surface area contributed by atoms with Crippen LogP contribution in [0.25, 0.3) is 5.52 Å². The largest absolute Gasteiger partial charge is 0.346 e. The van der Waals surface area contributed by atoms with E-state index in [0.29, 0.717) is 25.2 Å². The number of aromatic nitrogens is 3. The van der Waals surface area contributed by atoms with Gasteiger partial charge in [-0.05, 0) is 36.6 Å². The molecule has 0 aromatic carbocycles. The summed E-state index contributed by atoms with van der Waals surface area (Å²) in [6, 6.07) is 9.17. The molecule has 0 saturated heterocycles. The Hall–Kier alpha value is -3.22. The predicted octanol–water partition coefficient (Wildman–Crippen LogP) is 2.92. The lowest BCUT2D eigenvalue weighted by atomic mass is 10.2. The Morgan fingerprint density at radius 2 is 1.89 bits per heavy atom. The molecule has 0 spiro atoms. The minimum atomic E-state index is -0.316. The fraction of sp³-hybridized carbons (Fsp3) is 0.333. The summed E-state index contributed by atoms with van der Waals surface area (Å²) in [6.45, 7) is 5.75. The SMILES string of the molecule is CCCN(CCC)C(=O)c1nc(C(=O)NCc2cccnc2)c2ccccn12. The third kappa shape index (κ3) is 4.19. The maximum atomic E-state index is 13.1. The van der Waals surface area contributed by atoms with Crippen molar-refractivity contribution < 1.29 is 9.59 Å². The van der Waals surface area contributed by atoms with Gasteiger partial charge in [-0.1, -0.05) is 26.0 Å². The summed E-state index contributed by atoms with van der Waals surface area (Å²) in [5.74, 6) is -0.204. The van der Waals surface area contributed by atoms with Crippen molar-refractivity contribution in [1.82, 2.24) is 24.6 Å². The summed E-state index contributed by atoms with van der Waals surface area (Å²) in [6.07, 6.45) is 6.89. The molecule has 146 valence electrons. The Labute approximate surface area is 164 Å². The number of imidazole rings is 1. The van der Waals surface area contributed by atoms with Gasteiger partial charge >= 0.3 is 0 Å². The van der Waals surface area contributed by atoms with Crippen LogP contribution in [-0.2, 0) is 6.54 Å². The highest BCUT2D eigenvalue weighted by molar-refractivity contribution is 6.02. The highest BCUT2D eigenvalue weighted by atomic mass is 16.2. The van der Waals surface area contributed by atoms with Crippen molar-refractivity contribution >= 4 is 17.3 Å². The quantitative estimate of drug-likeness (QED) is 0.653. The molecule has 7 nitrogen and oxygen atoms in total. The molecular formula is C21H25N5O2. The number of hydrogen-bond donors (Lipinski definition) is 1. The molecule has 0 saturated carbocycles. The first kappa shape index (κ1) is 19.5. The molecule has 28 heavy (non-hydrogen) atoms. The first-order valence-corrected chi connectivity index (χ1v) is 9.59. The predicted molar refractivity (Wildman–Crippen MR) is 107 cm³/mol. The maximum Gasteiger partial charge on any atom is 0.290 e. The normalized spacial score (nSPS) is 10.8. The minimum absolute atomic E-state index is 0.156. The van der Waals surface area contributed by atoms with Crippen molar-refractivity contribution in [3.05, 3.63) is 66.0 Å². The summed E-state index contributed by atoms with van der Waals surface area (Å²) < 4.78 is 1.69. The Balaban J connectivity index is 1.89. The van der Waals surface area contributed by atoms with Crippen molar-refractivity contribution in [3.8, 4) is 0 Å². The minimum Gasteiger partial charge on any atom is -0.346 e. The lowest BCUT2D eigenvalue weighted by molar-refractivity contribution is 0.0742. The molecule has 1 N–H and O–H groups in total. The van der Waals surface area contributed by atoms with Crippen LogP contribution in [0.1, 0.15) is 53.4 Å². The fourth-order valence-electron chi connectivity index (χ4n) is 3.12. The topological polar surface area (TPSA) is 79.6 Å². The number of nitrogens with one attached hydrogen (secondary N) is 1. The highest BCUT2D eigenvalue weighted by Crippen LogP contribution is 2.15. The van der Waals surface area contributed by atoms with Gasteiger partial charge in [0, 0.05) is 38.2 Å². The first-order chi connectivity index (χ1) is 13.7. The average molecular weight is 379 g/mol. The second-order valence-corrected chi connectivity index (χ2v) is 6.58. The van der Waals surface area contributed by atoms with E-state index in [1.54, 1.807) is 34.0 Å². The Kier molecular flexibility index (Phi) is 6.37. The molecule has 2 amide bonds. The van der Waals surface area contributed by atoms with Crippen LogP contribution in [0.5, 0.6) is 0 Å². The summed E-state index contributed by atoms with van der Waals surface area (Å²) in [7, 11) is 0. The van der Waals surface area contributed by atoms with Gasteiger partial charge in [0.15, 0.2) is 5.69 Å².